The second-order valence-electron chi connectivity index (χ2n) is 10.5. The Morgan fingerprint density at radius 2 is 1.65 bits per heavy atom. The average Bonchev–Trinajstić information content (AvgIpc) is 3.22. The minimum absolute atomic E-state index is 0.0182. The van der Waals surface area contributed by atoms with Gasteiger partial charge in [-0.15, -0.1) is 0 Å². The predicted octanol–water partition coefficient (Wildman–Crippen LogP) is 5.12. The maximum Gasteiger partial charge on any atom is 0.0596 e. The maximum absolute atomic E-state index is 10.6. The van der Waals surface area contributed by atoms with Crippen LogP contribution in [0.5, 0.6) is 0 Å². The van der Waals surface area contributed by atoms with Crippen LogP contribution < -0.4 is 0 Å². The first-order valence-electron chi connectivity index (χ1n) is 10.2. The minimum atomic E-state index is -0.0182. The minimum Gasteiger partial charge on any atom is -0.393 e. The first-order valence-corrected chi connectivity index (χ1v) is 11.2. The molecule has 0 radical (unpaired) electrons. The summed E-state index contributed by atoms with van der Waals surface area (Å²) in [5.41, 5.74) is 0.851. The standard InChI is InChI=1S/C21H34OS/c1-13-10-20(3)14(11-21(13)12-23-21)4-5-15-16-6-7-18(22)19(16,2)9-8-17(15)20/h13-18,22H,4-12H2,1-3H3/t13-,14?,15?,16?,17?,18?,19+,20+,21+/m1/s1. The summed E-state index contributed by atoms with van der Waals surface area (Å²) >= 11 is 2.27. The van der Waals surface area contributed by atoms with Gasteiger partial charge < -0.3 is 5.11 Å². The van der Waals surface area contributed by atoms with Crippen LogP contribution in [0.15, 0.2) is 0 Å². The van der Waals surface area contributed by atoms with Crippen molar-refractivity contribution >= 4 is 11.8 Å². The largest absolute Gasteiger partial charge is 0.393 e. The highest BCUT2D eigenvalue weighted by molar-refractivity contribution is 8.07. The zero-order valence-corrected chi connectivity index (χ0v) is 16.0. The van der Waals surface area contributed by atoms with E-state index < -0.39 is 0 Å². The second kappa shape index (κ2) is 4.72. The Hall–Kier alpha value is 0.310. The molecule has 1 saturated heterocycles. The molecule has 1 N–H and O–H groups in total. The van der Waals surface area contributed by atoms with Crippen molar-refractivity contribution in [3.63, 3.8) is 0 Å². The van der Waals surface area contributed by atoms with Gasteiger partial charge in [-0.2, -0.15) is 11.8 Å². The van der Waals surface area contributed by atoms with Crippen LogP contribution in [0, 0.1) is 40.4 Å². The molecule has 2 heteroatoms. The molecule has 0 aromatic carbocycles. The summed E-state index contributed by atoms with van der Waals surface area (Å²) in [4.78, 5) is 0. The van der Waals surface area contributed by atoms with Crippen molar-refractivity contribution in [1.29, 1.82) is 0 Å². The van der Waals surface area contributed by atoms with E-state index in [0.29, 0.717) is 10.2 Å². The number of aliphatic hydroxyl groups is 1. The van der Waals surface area contributed by atoms with E-state index >= 15 is 0 Å². The number of hydrogen-bond donors (Lipinski definition) is 1. The number of aliphatic hydroxyl groups excluding tert-OH is 1. The number of rotatable bonds is 0. The lowest BCUT2D eigenvalue weighted by Gasteiger charge is -2.62. The molecule has 1 heterocycles. The molecule has 4 aliphatic carbocycles. The molecule has 0 bridgehead atoms. The molecule has 23 heavy (non-hydrogen) atoms. The monoisotopic (exact) mass is 334 g/mol. The molecule has 4 saturated carbocycles. The zero-order valence-electron chi connectivity index (χ0n) is 15.2. The zero-order chi connectivity index (χ0) is 16.0. The maximum atomic E-state index is 10.6. The smallest absolute Gasteiger partial charge is 0.0596 e. The average molecular weight is 335 g/mol. The number of hydrogen-bond acceptors (Lipinski definition) is 2. The molecule has 5 unspecified atom stereocenters. The lowest BCUT2D eigenvalue weighted by molar-refractivity contribution is -0.129. The number of fused-ring (bicyclic) bond motifs is 5. The summed E-state index contributed by atoms with van der Waals surface area (Å²) in [6, 6.07) is 0. The molecule has 5 fully saturated rings. The molecule has 1 spiro atoms. The second-order valence-corrected chi connectivity index (χ2v) is 11.8. The van der Waals surface area contributed by atoms with Crippen molar-refractivity contribution in [2.75, 3.05) is 5.75 Å². The summed E-state index contributed by atoms with van der Waals surface area (Å²) in [5, 5.41) is 10.6. The summed E-state index contributed by atoms with van der Waals surface area (Å²) in [7, 11) is 0. The topological polar surface area (TPSA) is 20.2 Å². The predicted molar refractivity (Wildman–Crippen MR) is 97.5 cm³/mol. The van der Waals surface area contributed by atoms with Crippen LogP contribution in [0.2, 0.25) is 0 Å². The van der Waals surface area contributed by atoms with Gasteiger partial charge in [-0.3, -0.25) is 0 Å². The Morgan fingerprint density at radius 1 is 0.913 bits per heavy atom. The summed E-state index contributed by atoms with van der Waals surface area (Å²) in [6.07, 6.45) is 11.0. The molecule has 0 aromatic rings. The van der Waals surface area contributed by atoms with Crippen LogP contribution in [0.25, 0.3) is 0 Å². The Bertz CT molecular complexity index is 514. The van der Waals surface area contributed by atoms with E-state index in [0.717, 1.165) is 36.0 Å². The fraction of sp³-hybridized carbons (Fsp3) is 1.00. The van der Waals surface area contributed by atoms with Crippen molar-refractivity contribution in [1.82, 2.24) is 0 Å². The summed E-state index contributed by atoms with van der Waals surface area (Å²) in [5.74, 6) is 6.05. The van der Waals surface area contributed by atoms with E-state index in [-0.39, 0.29) is 11.5 Å². The molecule has 0 aromatic heterocycles. The molecular formula is C21H34OS. The molecule has 5 rings (SSSR count). The van der Waals surface area contributed by atoms with Gasteiger partial charge in [-0.25, -0.2) is 0 Å². The first-order chi connectivity index (χ1) is 10.9. The van der Waals surface area contributed by atoms with Crippen LogP contribution in [-0.2, 0) is 0 Å². The van der Waals surface area contributed by atoms with E-state index in [1.54, 1.807) is 0 Å². The van der Waals surface area contributed by atoms with E-state index in [4.69, 9.17) is 0 Å². The molecule has 1 nitrogen and oxygen atoms in total. The van der Waals surface area contributed by atoms with Gasteiger partial charge in [-0.05, 0) is 91.8 Å². The van der Waals surface area contributed by atoms with Crippen LogP contribution in [0.3, 0.4) is 0 Å². The van der Waals surface area contributed by atoms with Gasteiger partial charge in [0, 0.05) is 10.5 Å². The lowest BCUT2D eigenvalue weighted by atomic mass is 9.43. The highest BCUT2D eigenvalue weighted by atomic mass is 32.2. The highest BCUT2D eigenvalue weighted by Gasteiger charge is 2.64. The van der Waals surface area contributed by atoms with Crippen LogP contribution in [-0.4, -0.2) is 21.7 Å². The van der Waals surface area contributed by atoms with Gasteiger partial charge in [0.2, 0.25) is 0 Å². The van der Waals surface area contributed by atoms with Crippen molar-refractivity contribution in [3.05, 3.63) is 0 Å². The lowest BCUT2D eigenvalue weighted by Crippen LogP contribution is -2.56. The van der Waals surface area contributed by atoms with Gasteiger partial charge in [0.25, 0.3) is 0 Å². The molecule has 130 valence electrons. The van der Waals surface area contributed by atoms with Crippen molar-refractivity contribution < 1.29 is 5.11 Å². The summed E-state index contributed by atoms with van der Waals surface area (Å²) < 4.78 is 0.698. The van der Waals surface area contributed by atoms with E-state index in [9.17, 15) is 5.11 Å². The van der Waals surface area contributed by atoms with E-state index in [1.165, 1.54) is 50.7 Å². The molecular weight excluding hydrogens is 300 g/mol. The summed E-state index contributed by atoms with van der Waals surface area (Å²) in [6.45, 7) is 7.65. The van der Waals surface area contributed by atoms with Gasteiger partial charge in [0.15, 0.2) is 0 Å². The van der Waals surface area contributed by atoms with Crippen molar-refractivity contribution in [2.24, 2.45) is 40.4 Å². The molecule has 1 aliphatic heterocycles. The Kier molecular flexibility index (Phi) is 3.20. The van der Waals surface area contributed by atoms with Crippen LogP contribution >= 0.6 is 11.8 Å². The number of thioether (sulfide) groups is 1. The third kappa shape index (κ3) is 1.92. The fourth-order valence-corrected chi connectivity index (χ4v) is 9.39. The van der Waals surface area contributed by atoms with E-state index in [1.807, 2.05) is 0 Å². The van der Waals surface area contributed by atoms with Gasteiger partial charge in [0.1, 0.15) is 0 Å². The van der Waals surface area contributed by atoms with Crippen LogP contribution in [0.1, 0.15) is 72.1 Å². The quantitative estimate of drug-likeness (QED) is 0.620. The first kappa shape index (κ1) is 15.6. The van der Waals surface area contributed by atoms with Crippen LogP contribution in [0.4, 0.5) is 0 Å². The van der Waals surface area contributed by atoms with Crippen molar-refractivity contribution in [2.45, 2.75) is 83.0 Å². The Morgan fingerprint density at radius 3 is 2.39 bits per heavy atom. The Labute approximate surface area is 146 Å². The normalized spacial score (nSPS) is 64.2. The van der Waals surface area contributed by atoms with Gasteiger partial charge in [-0.1, -0.05) is 20.8 Å². The van der Waals surface area contributed by atoms with Gasteiger partial charge >= 0.3 is 0 Å². The molecule has 0 amide bonds. The van der Waals surface area contributed by atoms with E-state index in [2.05, 4.69) is 32.5 Å². The third-order valence-electron chi connectivity index (χ3n) is 9.77. The molecule has 5 aliphatic rings. The van der Waals surface area contributed by atoms with Gasteiger partial charge in [0.05, 0.1) is 6.10 Å². The third-order valence-corrected chi connectivity index (χ3v) is 11.4. The Balaban J connectivity index is 1.45. The SMILES string of the molecule is C[C@@H]1C[C@@]2(C)C(CCC3C2CC[C@]2(C)C(O)CCC32)C[C@]12CS2. The highest BCUT2D eigenvalue weighted by Crippen LogP contribution is 2.71. The molecule has 9 atom stereocenters. The fourth-order valence-electron chi connectivity index (χ4n) is 8.12. The van der Waals surface area contributed by atoms with Crippen molar-refractivity contribution in [3.8, 4) is 0 Å².